The first kappa shape index (κ1) is 16.6. The summed E-state index contributed by atoms with van der Waals surface area (Å²) < 4.78 is 6.42. The van der Waals surface area contributed by atoms with E-state index in [1.807, 2.05) is 72.8 Å². The molecule has 0 spiro atoms. The molecule has 1 heterocycles. The Labute approximate surface area is 160 Å². The van der Waals surface area contributed by atoms with Gasteiger partial charge >= 0.3 is 5.97 Å². The Morgan fingerprint density at radius 1 is 0.769 bits per heavy atom. The maximum absolute atomic E-state index is 12.2. The molecule has 0 fully saturated rings. The average molecular weight is 403 g/mol. The smallest absolute Gasteiger partial charge is 0.343 e. The summed E-state index contributed by atoms with van der Waals surface area (Å²) in [5, 5.41) is 0. The third-order valence-electron chi connectivity index (χ3n) is 4.17. The molecule has 2 nitrogen and oxygen atoms in total. The van der Waals surface area contributed by atoms with Crippen molar-refractivity contribution in [1.29, 1.82) is 0 Å². The maximum Gasteiger partial charge on any atom is 0.343 e. The number of benzene rings is 3. The lowest BCUT2D eigenvalue weighted by Gasteiger charge is -2.04. The third-order valence-corrected chi connectivity index (χ3v) is 4.67. The van der Waals surface area contributed by atoms with Crippen molar-refractivity contribution in [2.24, 2.45) is 0 Å². The van der Waals surface area contributed by atoms with Crippen LogP contribution in [0.15, 0.2) is 95.0 Å². The molecule has 0 N–H and O–H groups in total. The first-order chi connectivity index (χ1) is 12.7. The van der Waals surface area contributed by atoms with Crippen molar-refractivity contribution < 1.29 is 9.53 Å². The van der Waals surface area contributed by atoms with Crippen LogP contribution >= 0.6 is 15.9 Å². The number of cyclic esters (lactones) is 1. The summed E-state index contributed by atoms with van der Waals surface area (Å²) in [7, 11) is 0. The van der Waals surface area contributed by atoms with Crippen LogP contribution in [-0.4, -0.2) is 5.97 Å². The lowest BCUT2D eigenvalue weighted by molar-refractivity contribution is -0.130. The van der Waals surface area contributed by atoms with Crippen molar-refractivity contribution in [2.75, 3.05) is 0 Å². The summed E-state index contributed by atoms with van der Waals surface area (Å²) in [6.45, 7) is 0. The van der Waals surface area contributed by atoms with Gasteiger partial charge in [-0.15, -0.1) is 0 Å². The monoisotopic (exact) mass is 402 g/mol. The molecule has 0 radical (unpaired) electrons. The summed E-state index contributed by atoms with van der Waals surface area (Å²) in [5.41, 5.74) is 4.67. The van der Waals surface area contributed by atoms with E-state index in [1.54, 1.807) is 6.08 Å². The Bertz CT molecular complexity index is 1020. The minimum atomic E-state index is -0.327. The second-order valence-electron chi connectivity index (χ2n) is 6.00. The van der Waals surface area contributed by atoms with E-state index in [1.165, 1.54) is 0 Å². The molecular weight excluding hydrogens is 388 g/mol. The van der Waals surface area contributed by atoms with Gasteiger partial charge in [0.25, 0.3) is 0 Å². The SMILES string of the molecule is O=C1OC(c2ccc(-c3ccccc3)cc2)=C/C1=C\c1cccc(Br)c1. The molecule has 0 unspecified atom stereocenters. The zero-order valence-corrected chi connectivity index (χ0v) is 15.4. The number of rotatable bonds is 3. The van der Waals surface area contributed by atoms with Gasteiger partial charge in [-0.1, -0.05) is 82.7 Å². The lowest BCUT2D eigenvalue weighted by atomic mass is 10.0. The van der Waals surface area contributed by atoms with Crippen molar-refractivity contribution in [1.82, 2.24) is 0 Å². The van der Waals surface area contributed by atoms with Crippen molar-refractivity contribution in [3.63, 3.8) is 0 Å². The van der Waals surface area contributed by atoms with Crippen LogP contribution in [0.4, 0.5) is 0 Å². The minimum absolute atomic E-state index is 0.327. The van der Waals surface area contributed by atoms with E-state index < -0.39 is 0 Å². The van der Waals surface area contributed by atoms with Gasteiger partial charge in [-0.05, 0) is 41.0 Å². The van der Waals surface area contributed by atoms with Crippen LogP contribution < -0.4 is 0 Å². The summed E-state index contributed by atoms with van der Waals surface area (Å²) in [6.07, 6.45) is 3.62. The molecule has 0 amide bonds. The van der Waals surface area contributed by atoms with Crippen LogP contribution in [0.3, 0.4) is 0 Å². The molecular formula is C23H15BrO2. The van der Waals surface area contributed by atoms with E-state index in [0.29, 0.717) is 11.3 Å². The standard InChI is InChI=1S/C23H15BrO2/c24-21-8-4-5-16(14-21)13-20-15-22(26-23(20)25)19-11-9-18(10-12-19)17-6-2-1-3-7-17/h1-15H/b20-13+. The zero-order valence-electron chi connectivity index (χ0n) is 13.9. The Kier molecular flexibility index (Phi) is 4.55. The van der Waals surface area contributed by atoms with Gasteiger partial charge in [-0.2, -0.15) is 0 Å². The molecule has 3 aromatic rings. The van der Waals surface area contributed by atoms with Crippen LogP contribution in [0, 0.1) is 0 Å². The molecule has 126 valence electrons. The molecule has 0 saturated heterocycles. The molecule has 3 aromatic carbocycles. The molecule has 0 aliphatic carbocycles. The van der Waals surface area contributed by atoms with Gasteiger partial charge in [-0.3, -0.25) is 0 Å². The van der Waals surface area contributed by atoms with Crippen molar-refractivity contribution >= 4 is 33.7 Å². The Morgan fingerprint density at radius 2 is 1.46 bits per heavy atom. The molecule has 1 aliphatic heterocycles. The fourth-order valence-corrected chi connectivity index (χ4v) is 3.28. The van der Waals surface area contributed by atoms with E-state index >= 15 is 0 Å². The predicted octanol–water partition coefficient (Wildman–Crippen LogP) is 6.10. The average Bonchev–Trinajstić information content (AvgIpc) is 3.03. The van der Waals surface area contributed by atoms with Gasteiger partial charge in [0.2, 0.25) is 0 Å². The normalized spacial score (nSPS) is 15.0. The second-order valence-corrected chi connectivity index (χ2v) is 6.91. The molecule has 0 aromatic heterocycles. The molecule has 3 heteroatoms. The maximum atomic E-state index is 12.2. The zero-order chi connectivity index (χ0) is 17.9. The number of hydrogen-bond donors (Lipinski definition) is 0. The van der Waals surface area contributed by atoms with Crippen molar-refractivity contribution in [3.05, 3.63) is 106 Å². The van der Waals surface area contributed by atoms with E-state index in [4.69, 9.17) is 4.74 Å². The van der Waals surface area contributed by atoms with Crippen LogP contribution in [0.25, 0.3) is 23.0 Å². The van der Waals surface area contributed by atoms with Crippen LogP contribution in [0.1, 0.15) is 11.1 Å². The van der Waals surface area contributed by atoms with Crippen LogP contribution in [-0.2, 0) is 9.53 Å². The number of carbonyl (C=O) groups excluding carboxylic acids is 1. The highest BCUT2D eigenvalue weighted by Crippen LogP contribution is 2.29. The van der Waals surface area contributed by atoms with Crippen LogP contribution in [0.5, 0.6) is 0 Å². The number of carbonyl (C=O) groups is 1. The summed E-state index contributed by atoms with van der Waals surface area (Å²) in [4.78, 5) is 12.2. The predicted molar refractivity (Wildman–Crippen MR) is 108 cm³/mol. The highest BCUT2D eigenvalue weighted by molar-refractivity contribution is 9.10. The number of esters is 1. The number of halogens is 1. The number of hydrogen-bond acceptors (Lipinski definition) is 2. The molecule has 0 saturated carbocycles. The molecule has 0 atom stereocenters. The summed E-state index contributed by atoms with van der Waals surface area (Å²) in [5.74, 6) is 0.253. The fraction of sp³-hybridized carbons (Fsp3) is 0. The fourth-order valence-electron chi connectivity index (χ4n) is 2.86. The Balaban J connectivity index is 1.61. The van der Waals surface area contributed by atoms with Crippen molar-refractivity contribution in [3.8, 4) is 11.1 Å². The molecule has 26 heavy (non-hydrogen) atoms. The van der Waals surface area contributed by atoms with E-state index in [-0.39, 0.29) is 5.97 Å². The van der Waals surface area contributed by atoms with Gasteiger partial charge in [0.1, 0.15) is 5.76 Å². The second kappa shape index (κ2) is 7.14. The topological polar surface area (TPSA) is 26.3 Å². The van der Waals surface area contributed by atoms with E-state index in [2.05, 4.69) is 28.1 Å². The highest BCUT2D eigenvalue weighted by atomic mass is 79.9. The van der Waals surface area contributed by atoms with Gasteiger partial charge in [0.05, 0.1) is 5.57 Å². The van der Waals surface area contributed by atoms with Gasteiger partial charge in [0, 0.05) is 10.0 Å². The Morgan fingerprint density at radius 3 is 2.19 bits per heavy atom. The largest absolute Gasteiger partial charge is 0.422 e. The van der Waals surface area contributed by atoms with Crippen molar-refractivity contribution in [2.45, 2.75) is 0 Å². The summed E-state index contributed by atoms with van der Waals surface area (Å²) >= 11 is 3.44. The van der Waals surface area contributed by atoms with E-state index in [0.717, 1.165) is 26.7 Å². The molecule has 0 bridgehead atoms. The third kappa shape index (κ3) is 3.53. The Hall–Kier alpha value is -2.91. The lowest BCUT2D eigenvalue weighted by Crippen LogP contribution is -1.97. The molecule has 4 rings (SSSR count). The minimum Gasteiger partial charge on any atom is -0.422 e. The van der Waals surface area contributed by atoms with Crippen LogP contribution in [0.2, 0.25) is 0 Å². The number of ether oxygens (including phenoxy) is 1. The highest BCUT2D eigenvalue weighted by Gasteiger charge is 2.21. The van der Waals surface area contributed by atoms with Gasteiger partial charge < -0.3 is 4.74 Å². The van der Waals surface area contributed by atoms with Gasteiger partial charge in [0.15, 0.2) is 0 Å². The first-order valence-corrected chi connectivity index (χ1v) is 9.05. The quantitative estimate of drug-likeness (QED) is 0.390. The first-order valence-electron chi connectivity index (χ1n) is 8.26. The van der Waals surface area contributed by atoms with E-state index in [9.17, 15) is 4.79 Å². The summed E-state index contributed by atoms with van der Waals surface area (Å²) in [6, 6.07) is 26.0. The molecule has 1 aliphatic rings. The van der Waals surface area contributed by atoms with Gasteiger partial charge in [-0.25, -0.2) is 4.79 Å².